The van der Waals surface area contributed by atoms with E-state index >= 15 is 0 Å². The van der Waals surface area contributed by atoms with Crippen LogP contribution in [0.4, 0.5) is 0 Å². The molecule has 0 saturated heterocycles. The van der Waals surface area contributed by atoms with E-state index in [0.717, 1.165) is 33.0 Å². The van der Waals surface area contributed by atoms with Crippen LogP contribution in [0.2, 0.25) is 5.02 Å². The van der Waals surface area contributed by atoms with Gasteiger partial charge in [0, 0.05) is 17.6 Å². The summed E-state index contributed by atoms with van der Waals surface area (Å²) in [4.78, 5) is 4.29. The molecule has 0 aliphatic heterocycles. The third-order valence-corrected chi connectivity index (χ3v) is 5.44. The fourth-order valence-corrected chi connectivity index (χ4v) is 3.73. The Hall–Kier alpha value is -2.88. The molecule has 146 valence electrons. The number of rotatable bonds is 6. The van der Waals surface area contributed by atoms with Crippen LogP contribution < -0.4 is 0 Å². The van der Waals surface area contributed by atoms with Crippen molar-refractivity contribution in [1.82, 2.24) is 9.55 Å². The topological polar surface area (TPSA) is 27.1 Å². The zero-order chi connectivity index (χ0) is 20.2. The Morgan fingerprint density at radius 2 is 1.72 bits per heavy atom. The van der Waals surface area contributed by atoms with Crippen molar-refractivity contribution in [3.63, 3.8) is 0 Å². The van der Waals surface area contributed by atoms with Crippen molar-refractivity contribution < 1.29 is 4.74 Å². The molecule has 1 atom stereocenters. The van der Waals surface area contributed by atoms with E-state index in [1.807, 2.05) is 60.3 Å². The van der Waals surface area contributed by atoms with Crippen LogP contribution in [0, 0.1) is 6.92 Å². The van der Waals surface area contributed by atoms with Crippen molar-refractivity contribution in [1.29, 1.82) is 0 Å². The van der Waals surface area contributed by atoms with Crippen LogP contribution in [0.1, 0.15) is 28.5 Å². The maximum atomic E-state index is 6.58. The Labute approximate surface area is 176 Å². The molecule has 0 N–H and O–H groups in total. The van der Waals surface area contributed by atoms with Crippen molar-refractivity contribution in [2.45, 2.75) is 19.6 Å². The Morgan fingerprint density at radius 3 is 2.45 bits per heavy atom. The smallest absolute Gasteiger partial charge is 0.124 e. The monoisotopic (exact) mass is 402 g/mol. The fourth-order valence-electron chi connectivity index (χ4n) is 3.51. The summed E-state index contributed by atoms with van der Waals surface area (Å²) in [7, 11) is 1.99. The standard InChI is InChI=1S/C25H23ClN2O/c1-18-8-6-7-11-21(18)22-14-20(12-13-23(22)26)25(24-15-27-17-28(24)2)29-16-19-9-4-3-5-10-19/h3-15,17,25H,16H2,1-2H3. The zero-order valence-corrected chi connectivity index (χ0v) is 17.3. The highest BCUT2D eigenvalue weighted by Gasteiger charge is 2.20. The SMILES string of the molecule is Cc1ccccc1-c1cc(C(OCc2ccccc2)c2cncn2C)ccc1Cl. The van der Waals surface area contributed by atoms with Gasteiger partial charge in [0.15, 0.2) is 0 Å². The van der Waals surface area contributed by atoms with Gasteiger partial charge in [-0.25, -0.2) is 4.98 Å². The van der Waals surface area contributed by atoms with Gasteiger partial charge in [0.1, 0.15) is 6.10 Å². The number of hydrogen-bond acceptors (Lipinski definition) is 2. The number of aromatic nitrogens is 2. The van der Waals surface area contributed by atoms with Crippen molar-refractivity contribution in [2.75, 3.05) is 0 Å². The van der Waals surface area contributed by atoms with Gasteiger partial charge in [0.2, 0.25) is 0 Å². The highest BCUT2D eigenvalue weighted by Crippen LogP contribution is 2.35. The number of aryl methyl sites for hydroxylation is 2. The highest BCUT2D eigenvalue weighted by molar-refractivity contribution is 6.33. The molecule has 1 aromatic heterocycles. The van der Waals surface area contributed by atoms with Gasteiger partial charge in [0.05, 0.1) is 24.8 Å². The molecule has 0 saturated carbocycles. The quantitative estimate of drug-likeness (QED) is 0.375. The predicted octanol–water partition coefficient (Wildman–Crippen LogP) is 6.36. The van der Waals surface area contributed by atoms with Crippen molar-refractivity contribution >= 4 is 11.6 Å². The fraction of sp³-hybridized carbons (Fsp3) is 0.160. The average Bonchev–Trinajstić information content (AvgIpc) is 3.16. The summed E-state index contributed by atoms with van der Waals surface area (Å²) in [6, 6.07) is 24.6. The largest absolute Gasteiger partial charge is 0.363 e. The van der Waals surface area contributed by atoms with Gasteiger partial charge in [-0.1, -0.05) is 72.3 Å². The van der Waals surface area contributed by atoms with E-state index in [1.165, 1.54) is 5.56 Å². The molecule has 3 aromatic carbocycles. The van der Waals surface area contributed by atoms with E-state index in [4.69, 9.17) is 16.3 Å². The minimum atomic E-state index is -0.247. The zero-order valence-electron chi connectivity index (χ0n) is 16.5. The molecule has 0 fully saturated rings. The van der Waals surface area contributed by atoms with Gasteiger partial charge in [0.25, 0.3) is 0 Å². The lowest BCUT2D eigenvalue weighted by molar-refractivity contribution is 0.0622. The summed E-state index contributed by atoms with van der Waals surface area (Å²) in [5.74, 6) is 0. The Kier molecular flexibility index (Phi) is 5.79. The van der Waals surface area contributed by atoms with Gasteiger partial charge < -0.3 is 9.30 Å². The van der Waals surface area contributed by atoms with E-state index in [-0.39, 0.29) is 6.10 Å². The second kappa shape index (κ2) is 8.64. The van der Waals surface area contributed by atoms with Crippen LogP contribution in [0.15, 0.2) is 85.3 Å². The van der Waals surface area contributed by atoms with E-state index in [1.54, 1.807) is 6.33 Å². The molecule has 29 heavy (non-hydrogen) atoms. The number of hydrogen-bond donors (Lipinski definition) is 0. The average molecular weight is 403 g/mol. The predicted molar refractivity (Wildman–Crippen MR) is 118 cm³/mol. The molecule has 0 bridgehead atoms. The number of benzene rings is 3. The molecular weight excluding hydrogens is 380 g/mol. The summed E-state index contributed by atoms with van der Waals surface area (Å²) in [5.41, 5.74) is 6.51. The first-order chi connectivity index (χ1) is 14.1. The molecule has 4 rings (SSSR count). The Bertz CT molecular complexity index is 1100. The van der Waals surface area contributed by atoms with Gasteiger partial charge in [-0.3, -0.25) is 0 Å². The van der Waals surface area contributed by atoms with Gasteiger partial charge >= 0.3 is 0 Å². The molecule has 0 radical (unpaired) electrons. The van der Waals surface area contributed by atoms with E-state index < -0.39 is 0 Å². The number of imidazole rings is 1. The lowest BCUT2D eigenvalue weighted by atomic mass is 9.96. The second-order valence-electron chi connectivity index (χ2n) is 7.16. The number of nitrogens with zero attached hydrogens (tertiary/aromatic N) is 2. The van der Waals surface area contributed by atoms with Crippen LogP contribution in [0.3, 0.4) is 0 Å². The molecule has 0 amide bonds. The summed E-state index contributed by atoms with van der Waals surface area (Å²) < 4.78 is 8.39. The second-order valence-corrected chi connectivity index (χ2v) is 7.57. The van der Waals surface area contributed by atoms with Crippen LogP contribution in [0.25, 0.3) is 11.1 Å². The van der Waals surface area contributed by atoms with Gasteiger partial charge in [-0.05, 0) is 41.3 Å². The first kappa shape index (κ1) is 19.4. The Balaban J connectivity index is 1.74. The molecule has 0 spiro atoms. The summed E-state index contributed by atoms with van der Waals surface area (Å²) in [5, 5.41) is 0.731. The van der Waals surface area contributed by atoms with E-state index in [2.05, 4.69) is 42.2 Å². The minimum Gasteiger partial charge on any atom is -0.363 e. The summed E-state index contributed by atoms with van der Waals surface area (Å²) in [6.45, 7) is 2.61. The third kappa shape index (κ3) is 4.26. The number of ether oxygens (including phenoxy) is 1. The van der Waals surface area contributed by atoms with Crippen molar-refractivity contribution in [3.8, 4) is 11.1 Å². The van der Waals surface area contributed by atoms with E-state index in [9.17, 15) is 0 Å². The summed E-state index contributed by atoms with van der Waals surface area (Å²) in [6.07, 6.45) is 3.41. The van der Waals surface area contributed by atoms with Crippen LogP contribution >= 0.6 is 11.6 Å². The first-order valence-electron chi connectivity index (χ1n) is 9.60. The summed E-state index contributed by atoms with van der Waals surface area (Å²) >= 11 is 6.58. The molecular formula is C25H23ClN2O. The van der Waals surface area contributed by atoms with E-state index in [0.29, 0.717) is 6.61 Å². The normalized spacial score (nSPS) is 12.1. The molecule has 1 unspecified atom stereocenters. The van der Waals surface area contributed by atoms with Crippen LogP contribution in [-0.2, 0) is 18.4 Å². The third-order valence-electron chi connectivity index (χ3n) is 5.11. The van der Waals surface area contributed by atoms with Gasteiger partial charge in [-0.15, -0.1) is 0 Å². The number of halogens is 1. The molecule has 4 aromatic rings. The minimum absolute atomic E-state index is 0.247. The van der Waals surface area contributed by atoms with Crippen LogP contribution in [0.5, 0.6) is 0 Å². The van der Waals surface area contributed by atoms with Crippen LogP contribution in [-0.4, -0.2) is 9.55 Å². The van der Waals surface area contributed by atoms with Gasteiger partial charge in [-0.2, -0.15) is 0 Å². The van der Waals surface area contributed by atoms with Crippen molar-refractivity contribution in [3.05, 3.63) is 113 Å². The molecule has 3 nitrogen and oxygen atoms in total. The molecule has 1 heterocycles. The lowest BCUT2D eigenvalue weighted by Crippen LogP contribution is -2.10. The molecule has 0 aliphatic rings. The van der Waals surface area contributed by atoms with Crippen molar-refractivity contribution in [2.24, 2.45) is 7.05 Å². The lowest BCUT2D eigenvalue weighted by Gasteiger charge is -2.21. The highest BCUT2D eigenvalue weighted by atomic mass is 35.5. The maximum Gasteiger partial charge on any atom is 0.124 e. The Morgan fingerprint density at radius 1 is 0.966 bits per heavy atom. The molecule has 0 aliphatic carbocycles. The molecule has 4 heteroatoms. The maximum absolute atomic E-state index is 6.58. The first-order valence-corrected chi connectivity index (χ1v) is 9.98.